The Balaban J connectivity index is 2.62. The van der Waals surface area contributed by atoms with Gasteiger partial charge in [0.2, 0.25) is 0 Å². The Morgan fingerprint density at radius 3 is 2.26 bits per heavy atom. The molecule has 0 bridgehead atoms. The Labute approximate surface area is 137 Å². The van der Waals surface area contributed by atoms with Crippen LogP contribution in [0.5, 0.6) is 0 Å². The van der Waals surface area contributed by atoms with E-state index in [1.54, 1.807) is 12.3 Å². The molecule has 0 spiro atoms. The Kier molecular flexibility index (Phi) is 5.72. The van der Waals surface area contributed by atoms with Crippen LogP contribution in [-0.4, -0.2) is 18.1 Å². The van der Waals surface area contributed by atoms with Crippen molar-refractivity contribution in [2.24, 2.45) is 0 Å². The summed E-state index contributed by atoms with van der Waals surface area (Å²) in [6.45, 7) is 6.24. The second-order valence-electron chi connectivity index (χ2n) is 5.35. The van der Waals surface area contributed by atoms with Crippen LogP contribution in [0.15, 0.2) is 36.0 Å². The first-order valence-electron chi connectivity index (χ1n) is 7.89. The molecule has 1 heterocycles. The molecule has 0 atom stereocenters. The first kappa shape index (κ1) is 16.5. The molecule has 0 aliphatic rings. The van der Waals surface area contributed by atoms with Gasteiger partial charge in [0, 0.05) is 30.2 Å². The van der Waals surface area contributed by atoms with Crippen molar-refractivity contribution in [2.45, 2.75) is 26.7 Å². The number of allylic oxidation sites excluding steroid dienone is 1. The van der Waals surface area contributed by atoms with E-state index in [9.17, 15) is 0 Å². The van der Waals surface area contributed by atoms with Crippen LogP contribution in [-0.2, 0) is 0 Å². The van der Waals surface area contributed by atoms with Crippen LogP contribution in [0.25, 0.3) is 16.8 Å². The summed E-state index contributed by atoms with van der Waals surface area (Å²) in [5, 5.41) is 20.0. The molecular formula is C19H20N4. The van der Waals surface area contributed by atoms with Crippen LogP contribution in [0.3, 0.4) is 0 Å². The number of nitriles is 2. The van der Waals surface area contributed by atoms with Gasteiger partial charge < -0.3 is 4.90 Å². The van der Waals surface area contributed by atoms with Gasteiger partial charge >= 0.3 is 0 Å². The largest absolute Gasteiger partial charge is 0.356 e. The zero-order valence-corrected chi connectivity index (χ0v) is 13.6. The summed E-state index contributed by atoms with van der Waals surface area (Å²) < 4.78 is 0. The number of benzene rings is 1. The first-order valence-corrected chi connectivity index (χ1v) is 7.89. The molecule has 23 heavy (non-hydrogen) atoms. The number of nitrogens with zero attached hydrogens (tertiary/aromatic N) is 4. The fraction of sp³-hybridized carbons (Fsp3) is 0.316. The number of rotatable bonds is 6. The van der Waals surface area contributed by atoms with Gasteiger partial charge in [0.15, 0.2) is 0 Å². The Morgan fingerprint density at radius 2 is 1.70 bits per heavy atom. The van der Waals surface area contributed by atoms with Gasteiger partial charge in [0.25, 0.3) is 0 Å². The lowest BCUT2D eigenvalue weighted by Gasteiger charge is -2.24. The second-order valence-corrected chi connectivity index (χ2v) is 5.35. The molecule has 0 fully saturated rings. The molecule has 0 saturated heterocycles. The van der Waals surface area contributed by atoms with E-state index in [0.717, 1.165) is 48.1 Å². The highest BCUT2D eigenvalue weighted by molar-refractivity contribution is 5.98. The van der Waals surface area contributed by atoms with E-state index in [-0.39, 0.29) is 5.57 Å². The van der Waals surface area contributed by atoms with Crippen molar-refractivity contribution in [2.75, 3.05) is 18.0 Å². The smallest absolute Gasteiger partial charge is 0.136 e. The van der Waals surface area contributed by atoms with Gasteiger partial charge in [-0.15, -0.1) is 0 Å². The maximum Gasteiger partial charge on any atom is 0.136 e. The van der Waals surface area contributed by atoms with E-state index in [0.29, 0.717) is 0 Å². The number of aromatic nitrogens is 1. The molecule has 4 heteroatoms. The van der Waals surface area contributed by atoms with Gasteiger partial charge in [-0.3, -0.25) is 0 Å². The molecule has 0 unspecified atom stereocenters. The summed E-state index contributed by atoms with van der Waals surface area (Å²) in [4.78, 5) is 6.93. The maximum absolute atomic E-state index is 8.97. The van der Waals surface area contributed by atoms with Crippen molar-refractivity contribution in [3.63, 3.8) is 0 Å². The van der Waals surface area contributed by atoms with Crippen LogP contribution in [0.1, 0.15) is 32.3 Å². The van der Waals surface area contributed by atoms with Crippen molar-refractivity contribution < 1.29 is 0 Å². The van der Waals surface area contributed by atoms with Gasteiger partial charge in [0.05, 0.1) is 0 Å². The maximum atomic E-state index is 8.97. The van der Waals surface area contributed by atoms with Gasteiger partial charge in [-0.25, -0.2) is 4.98 Å². The molecule has 0 aliphatic heterocycles. The fourth-order valence-corrected chi connectivity index (χ4v) is 2.68. The number of hydrogen-bond acceptors (Lipinski definition) is 4. The van der Waals surface area contributed by atoms with Gasteiger partial charge in [-0.2, -0.15) is 10.5 Å². The van der Waals surface area contributed by atoms with Crippen LogP contribution in [0, 0.1) is 22.7 Å². The molecule has 0 aliphatic carbocycles. The average Bonchev–Trinajstić information content (AvgIpc) is 2.59. The zero-order chi connectivity index (χ0) is 16.7. The average molecular weight is 304 g/mol. The van der Waals surface area contributed by atoms with Crippen molar-refractivity contribution >= 4 is 22.7 Å². The van der Waals surface area contributed by atoms with Gasteiger partial charge in [0.1, 0.15) is 23.5 Å². The highest BCUT2D eigenvalue weighted by atomic mass is 15.2. The second kappa shape index (κ2) is 7.96. The molecule has 0 radical (unpaired) electrons. The van der Waals surface area contributed by atoms with Crippen LogP contribution < -0.4 is 4.90 Å². The lowest BCUT2D eigenvalue weighted by molar-refractivity contribution is 0.737. The predicted octanol–water partition coefficient (Wildman–Crippen LogP) is 4.29. The number of anilines is 1. The van der Waals surface area contributed by atoms with E-state index >= 15 is 0 Å². The molecule has 1 aromatic carbocycles. The third-order valence-corrected chi connectivity index (χ3v) is 3.63. The zero-order valence-electron chi connectivity index (χ0n) is 13.6. The number of fused-ring (bicyclic) bond motifs is 1. The summed E-state index contributed by atoms with van der Waals surface area (Å²) in [5.41, 5.74) is 0.888. The Hall–Kier alpha value is -2.85. The molecule has 116 valence electrons. The number of pyridine rings is 1. The Morgan fingerprint density at radius 1 is 1.09 bits per heavy atom. The normalized spacial score (nSPS) is 9.91. The first-order chi connectivity index (χ1) is 11.2. The lowest BCUT2D eigenvalue weighted by atomic mass is 10.0. The fourth-order valence-electron chi connectivity index (χ4n) is 2.68. The van der Waals surface area contributed by atoms with Crippen LogP contribution in [0.2, 0.25) is 0 Å². The van der Waals surface area contributed by atoms with E-state index in [1.807, 2.05) is 36.4 Å². The quantitative estimate of drug-likeness (QED) is 0.747. The molecule has 0 saturated carbocycles. The third-order valence-electron chi connectivity index (χ3n) is 3.63. The Bertz CT molecular complexity index is 771. The molecule has 0 amide bonds. The predicted molar refractivity (Wildman–Crippen MR) is 93.7 cm³/mol. The van der Waals surface area contributed by atoms with E-state index in [4.69, 9.17) is 10.5 Å². The highest BCUT2D eigenvalue weighted by Crippen LogP contribution is 2.28. The van der Waals surface area contributed by atoms with Gasteiger partial charge in [-0.1, -0.05) is 38.1 Å². The van der Waals surface area contributed by atoms with Crippen LogP contribution >= 0.6 is 0 Å². The molecule has 2 rings (SSSR count). The van der Waals surface area contributed by atoms with Crippen molar-refractivity contribution in [1.29, 1.82) is 10.5 Å². The topological polar surface area (TPSA) is 63.7 Å². The van der Waals surface area contributed by atoms with E-state index < -0.39 is 0 Å². The molecule has 1 aromatic heterocycles. The SMILES string of the molecule is CCCN(CCC)c1ncc(C=C(C#N)C#N)c2ccccc12. The van der Waals surface area contributed by atoms with Crippen molar-refractivity contribution in [1.82, 2.24) is 4.98 Å². The minimum Gasteiger partial charge on any atom is -0.356 e. The summed E-state index contributed by atoms with van der Waals surface area (Å²) in [6, 6.07) is 11.8. The van der Waals surface area contributed by atoms with Crippen molar-refractivity contribution in [3.8, 4) is 12.1 Å². The molecule has 2 aromatic rings. The molecule has 0 N–H and O–H groups in total. The summed E-state index contributed by atoms with van der Waals surface area (Å²) >= 11 is 0. The highest BCUT2D eigenvalue weighted by Gasteiger charge is 2.12. The van der Waals surface area contributed by atoms with Crippen LogP contribution in [0.4, 0.5) is 5.82 Å². The monoisotopic (exact) mass is 304 g/mol. The summed E-state index contributed by atoms with van der Waals surface area (Å²) in [5.74, 6) is 0.969. The summed E-state index contributed by atoms with van der Waals surface area (Å²) in [6.07, 6.45) is 5.48. The minimum atomic E-state index is 0.0867. The van der Waals surface area contributed by atoms with Gasteiger partial charge in [-0.05, 0) is 24.3 Å². The van der Waals surface area contributed by atoms with Crippen molar-refractivity contribution in [3.05, 3.63) is 41.6 Å². The van der Waals surface area contributed by atoms with E-state index in [1.165, 1.54) is 0 Å². The summed E-state index contributed by atoms with van der Waals surface area (Å²) in [7, 11) is 0. The standard InChI is InChI=1S/C19H20N4/c1-3-9-23(10-4-2)19-18-8-6-5-7-17(18)16(14-22-19)11-15(12-20)13-21/h5-8,11,14H,3-4,9-10H2,1-2H3. The number of hydrogen-bond donors (Lipinski definition) is 0. The van der Waals surface area contributed by atoms with E-state index in [2.05, 4.69) is 23.7 Å². The molecular weight excluding hydrogens is 284 g/mol. The molecule has 4 nitrogen and oxygen atoms in total. The third kappa shape index (κ3) is 3.67. The minimum absolute atomic E-state index is 0.0867. The lowest BCUT2D eigenvalue weighted by Crippen LogP contribution is -2.26.